The fraction of sp³-hybridized carbons (Fsp3) is 0.500. The van der Waals surface area contributed by atoms with Crippen molar-refractivity contribution in [2.24, 2.45) is 0 Å². The van der Waals surface area contributed by atoms with Gasteiger partial charge in [0.15, 0.2) is 0 Å². The van der Waals surface area contributed by atoms with Gasteiger partial charge in [-0.3, -0.25) is 9.69 Å². The van der Waals surface area contributed by atoms with E-state index in [-0.39, 0.29) is 5.91 Å². The first-order chi connectivity index (χ1) is 9.22. The summed E-state index contributed by atoms with van der Waals surface area (Å²) in [5, 5.41) is 0. The zero-order valence-corrected chi connectivity index (χ0v) is 12.7. The molecule has 1 amide bonds. The first kappa shape index (κ1) is 14.5. The number of rotatable bonds is 4. The van der Waals surface area contributed by atoms with Gasteiger partial charge in [-0.15, -0.1) is 0 Å². The summed E-state index contributed by atoms with van der Waals surface area (Å²) in [6, 6.07) is 7.59. The fourth-order valence-corrected chi connectivity index (χ4v) is 2.65. The summed E-state index contributed by atoms with van der Waals surface area (Å²) < 4.78 is 5.94. The van der Waals surface area contributed by atoms with Crippen LogP contribution in [-0.4, -0.2) is 62.1 Å². The highest BCUT2D eigenvalue weighted by Gasteiger charge is 2.22. The quantitative estimate of drug-likeness (QED) is 0.846. The van der Waals surface area contributed by atoms with Crippen molar-refractivity contribution in [1.82, 2.24) is 9.80 Å². The molecule has 19 heavy (non-hydrogen) atoms. The topological polar surface area (TPSA) is 32.8 Å². The number of halogens is 1. The van der Waals surface area contributed by atoms with Gasteiger partial charge in [-0.05, 0) is 28.1 Å². The minimum absolute atomic E-state index is 0.110. The van der Waals surface area contributed by atoms with Crippen LogP contribution in [0.15, 0.2) is 28.7 Å². The van der Waals surface area contributed by atoms with Gasteiger partial charge in [-0.1, -0.05) is 12.1 Å². The molecule has 5 heteroatoms. The average Bonchev–Trinajstić information content (AvgIpc) is 2.45. The van der Waals surface area contributed by atoms with Crippen LogP contribution in [0, 0.1) is 0 Å². The van der Waals surface area contributed by atoms with E-state index >= 15 is 0 Å². The van der Waals surface area contributed by atoms with Crippen molar-refractivity contribution in [2.75, 3.05) is 46.4 Å². The standard InChI is InChI=1S/C14H19BrN2O2/c1-19-11-10-16-6-8-17(9-7-16)14(18)12-4-2-3-5-13(12)15/h2-5H,6-11H2,1H3. The molecule has 0 aliphatic carbocycles. The molecule has 0 saturated carbocycles. The SMILES string of the molecule is COCCN1CCN(C(=O)c2ccccc2Br)CC1. The number of ether oxygens (including phenoxy) is 1. The van der Waals surface area contributed by atoms with Crippen molar-refractivity contribution in [3.63, 3.8) is 0 Å². The van der Waals surface area contributed by atoms with Crippen LogP contribution in [0.5, 0.6) is 0 Å². The summed E-state index contributed by atoms with van der Waals surface area (Å²) in [6.45, 7) is 5.08. The molecule has 4 nitrogen and oxygen atoms in total. The molecule has 0 radical (unpaired) electrons. The maximum absolute atomic E-state index is 12.4. The lowest BCUT2D eigenvalue weighted by Gasteiger charge is -2.34. The summed E-state index contributed by atoms with van der Waals surface area (Å²) in [5.74, 6) is 0.110. The molecule has 1 fully saturated rings. The smallest absolute Gasteiger partial charge is 0.255 e. The van der Waals surface area contributed by atoms with Crippen molar-refractivity contribution in [3.8, 4) is 0 Å². The number of nitrogens with zero attached hydrogens (tertiary/aromatic N) is 2. The largest absolute Gasteiger partial charge is 0.383 e. The molecule has 1 aliphatic heterocycles. The zero-order chi connectivity index (χ0) is 13.7. The number of carbonyl (C=O) groups is 1. The first-order valence-electron chi connectivity index (χ1n) is 6.47. The lowest BCUT2D eigenvalue weighted by Crippen LogP contribution is -2.49. The Labute approximate surface area is 122 Å². The zero-order valence-electron chi connectivity index (χ0n) is 11.1. The minimum Gasteiger partial charge on any atom is -0.383 e. The van der Waals surface area contributed by atoms with Gasteiger partial charge in [-0.2, -0.15) is 0 Å². The van der Waals surface area contributed by atoms with Crippen molar-refractivity contribution in [3.05, 3.63) is 34.3 Å². The van der Waals surface area contributed by atoms with Gasteiger partial charge < -0.3 is 9.64 Å². The second-order valence-corrected chi connectivity index (χ2v) is 5.46. The molecule has 2 rings (SSSR count). The van der Waals surface area contributed by atoms with Crippen LogP contribution in [0.1, 0.15) is 10.4 Å². The van der Waals surface area contributed by atoms with Crippen LogP contribution in [0.25, 0.3) is 0 Å². The van der Waals surface area contributed by atoms with Crippen LogP contribution in [0.4, 0.5) is 0 Å². The van der Waals surface area contributed by atoms with Crippen molar-refractivity contribution in [2.45, 2.75) is 0 Å². The van der Waals surface area contributed by atoms with Gasteiger partial charge in [-0.25, -0.2) is 0 Å². The van der Waals surface area contributed by atoms with E-state index in [1.54, 1.807) is 7.11 Å². The lowest BCUT2D eigenvalue weighted by molar-refractivity contribution is 0.0593. The third kappa shape index (κ3) is 3.78. The molecular formula is C14H19BrN2O2. The van der Waals surface area contributed by atoms with Crippen molar-refractivity contribution >= 4 is 21.8 Å². The molecule has 0 atom stereocenters. The third-order valence-electron chi connectivity index (χ3n) is 3.38. The van der Waals surface area contributed by atoms with Crippen molar-refractivity contribution in [1.29, 1.82) is 0 Å². The Morgan fingerprint density at radius 1 is 1.26 bits per heavy atom. The van der Waals surface area contributed by atoms with E-state index in [1.807, 2.05) is 29.2 Å². The number of hydrogen-bond acceptors (Lipinski definition) is 3. The normalized spacial score (nSPS) is 16.6. The van der Waals surface area contributed by atoms with Gasteiger partial charge in [0.05, 0.1) is 12.2 Å². The molecule has 1 aromatic carbocycles. The van der Waals surface area contributed by atoms with E-state index in [4.69, 9.17) is 4.74 Å². The predicted molar refractivity (Wildman–Crippen MR) is 78.4 cm³/mol. The van der Waals surface area contributed by atoms with Crippen LogP contribution in [0.2, 0.25) is 0 Å². The number of methoxy groups -OCH3 is 1. The van der Waals surface area contributed by atoms with Gasteiger partial charge in [0.1, 0.15) is 0 Å². The second-order valence-electron chi connectivity index (χ2n) is 4.61. The van der Waals surface area contributed by atoms with E-state index in [0.29, 0.717) is 0 Å². The van der Waals surface area contributed by atoms with Crippen LogP contribution in [0.3, 0.4) is 0 Å². The Hall–Kier alpha value is -0.910. The Kier molecular flexibility index (Phi) is 5.36. The predicted octanol–water partition coefficient (Wildman–Crippen LogP) is 1.85. The monoisotopic (exact) mass is 326 g/mol. The third-order valence-corrected chi connectivity index (χ3v) is 4.07. The maximum Gasteiger partial charge on any atom is 0.255 e. The van der Waals surface area contributed by atoms with Gasteiger partial charge in [0.2, 0.25) is 0 Å². The molecule has 1 saturated heterocycles. The van der Waals surface area contributed by atoms with Crippen molar-refractivity contribution < 1.29 is 9.53 Å². The molecule has 0 unspecified atom stereocenters. The molecule has 104 valence electrons. The second kappa shape index (κ2) is 7.03. The molecule has 1 heterocycles. The van der Waals surface area contributed by atoms with Gasteiger partial charge in [0, 0.05) is 44.3 Å². The highest BCUT2D eigenvalue weighted by molar-refractivity contribution is 9.10. The summed E-state index contributed by atoms with van der Waals surface area (Å²) in [7, 11) is 1.71. The Balaban J connectivity index is 1.91. The molecule has 1 aromatic rings. The number of piperazine rings is 1. The fourth-order valence-electron chi connectivity index (χ4n) is 2.20. The lowest BCUT2D eigenvalue weighted by atomic mass is 10.2. The Morgan fingerprint density at radius 2 is 1.95 bits per heavy atom. The molecule has 0 spiro atoms. The van der Waals surface area contributed by atoms with Gasteiger partial charge in [0.25, 0.3) is 5.91 Å². The summed E-state index contributed by atoms with van der Waals surface area (Å²) in [4.78, 5) is 16.6. The number of carbonyl (C=O) groups excluding carboxylic acids is 1. The van der Waals surface area contributed by atoms with E-state index in [0.717, 1.165) is 49.4 Å². The molecule has 0 aromatic heterocycles. The minimum atomic E-state index is 0.110. The average molecular weight is 327 g/mol. The highest BCUT2D eigenvalue weighted by atomic mass is 79.9. The molecular weight excluding hydrogens is 308 g/mol. The number of amides is 1. The first-order valence-corrected chi connectivity index (χ1v) is 7.27. The van der Waals surface area contributed by atoms with Gasteiger partial charge >= 0.3 is 0 Å². The number of benzene rings is 1. The Morgan fingerprint density at radius 3 is 2.58 bits per heavy atom. The van der Waals surface area contributed by atoms with E-state index in [1.165, 1.54) is 0 Å². The molecule has 0 N–H and O–H groups in total. The summed E-state index contributed by atoms with van der Waals surface area (Å²) >= 11 is 3.44. The number of hydrogen-bond donors (Lipinski definition) is 0. The van der Waals surface area contributed by atoms with E-state index < -0.39 is 0 Å². The highest BCUT2D eigenvalue weighted by Crippen LogP contribution is 2.18. The molecule has 0 bridgehead atoms. The van der Waals surface area contributed by atoms with Crippen LogP contribution in [-0.2, 0) is 4.74 Å². The van der Waals surface area contributed by atoms with E-state index in [2.05, 4.69) is 20.8 Å². The maximum atomic E-state index is 12.4. The van der Waals surface area contributed by atoms with Crippen LogP contribution >= 0.6 is 15.9 Å². The molecule has 1 aliphatic rings. The van der Waals surface area contributed by atoms with E-state index in [9.17, 15) is 4.79 Å². The summed E-state index contributed by atoms with van der Waals surface area (Å²) in [5.41, 5.74) is 0.743. The van der Waals surface area contributed by atoms with Crippen LogP contribution < -0.4 is 0 Å². The Bertz CT molecular complexity index is 431. The summed E-state index contributed by atoms with van der Waals surface area (Å²) in [6.07, 6.45) is 0.